The van der Waals surface area contributed by atoms with Crippen LogP contribution in [0.4, 0.5) is 0 Å². The van der Waals surface area contributed by atoms with Gasteiger partial charge in [0.25, 0.3) is 0 Å². The molecular formula is C16H36O2Si. The molecule has 0 spiro atoms. The molecule has 0 aromatic heterocycles. The Hall–Kier alpha value is 0.137. The van der Waals surface area contributed by atoms with Crippen LogP contribution in [0, 0.1) is 0 Å². The van der Waals surface area contributed by atoms with E-state index in [1.807, 2.05) is 0 Å². The molecule has 0 heterocycles. The fourth-order valence-electron chi connectivity index (χ4n) is 2.67. The highest BCUT2D eigenvalue weighted by atomic mass is 28.4. The number of hydrogen-bond acceptors (Lipinski definition) is 2. The number of rotatable bonds is 13. The molecule has 3 heteroatoms. The van der Waals surface area contributed by atoms with Crippen molar-refractivity contribution in [1.82, 2.24) is 0 Å². The topological polar surface area (TPSA) is 18.5 Å². The molecule has 0 aliphatic rings. The maximum Gasteiger partial charge on any atom is 0.341 e. The summed E-state index contributed by atoms with van der Waals surface area (Å²) in [4.78, 5) is 0. The van der Waals surface area contributed by atoms with Crippen molar-refractivity contribution in [3.63, 3.8) is 0 Å². The summed E-state index contributed by atoms with van der Waals surface area (Å²) in [5, 5.41) is 0. The molecule has 116 valence electrons. The summed E-state index contributed by atoms with van der Waals surface area (Å²) < 4.78 is 12.3. The molecule has 0 aromatic rings. The minimum Gasteiger partial charge on any atom is -0.394 e. The van der Waals surface area contributed by atoms with Gasteiger partial charge in [-0.15, -0.1) is 0 Å². The Labute approximate surface area is 122 Å². The van der Waals surface area contributed by atoms with E-state index in [1.165, 1.54) is 51.0 Å². The van der Waals surface area contributed by atoms with Crippen LogP contribution in [-0.2, 0) is 8.85 Å². The van der Waals surface area contributed by atoms with Crippen molar-refractivity contribution in [2.45, 2.75) is 91.1 Å². The second kappa shape index (κ2) is 11.9. The first-order valence-corrected chi connectivity index (χ1v) is 10.5. The van der Waals surface area contributed by atoms with Crippen molar-refractivity contribution in [3.8, 4) is 0 Å². The molecule has 0 amide bonds. The lowest BCUT2D eigenvalue weighted by molar-refractivity contribution is 0.171. The molecule has 0 saturated carbocycles. The Kier molecular flexibility index (Phi) is 12.0. The van der Waals surface area contributed by atoms with E-state index in [1.54, 1.807) is 0 Å². The highest BCUT2D eigenvalue weighted by Gasteiger charge is 2.41. The van der Waals surface area contributed by atoms with Crippen molar-refractivity contribution in [2.24, 2.45) is 0 Å². The van der Waals surface area contributed by atoms with Crippen LogP contribution < -0.4 is 0 Å². The smallest absolute Gasteiger partial charge is 0.341 e. The number of unbranched alkanes of at least 4 members (excludes halogenated alkanes) is 5. The molecule has 0 fully saturated rings. The van der Waals surface area contributed by atoms with E-state index in [2.05, 4.69) is 34.6 Å². The van der Waals surface area contributed by atoms with Gasteiger partial charge in [-0.1, -0.05) is 65.7 Å². The van der Waals surface area contributed by atoms with Crippen LogP contribution in [-0.4, -0.2) is 21.8 Å². The Morgan fingerprint density at radius 1 is 0.789 bits per heavy atom. The van der Waals surface area contributed by atoms with Gasteiger partial charge < -0.3 is 8.85 Å². The van der Waals surface area contributed by atoms with Crippen molar-refractivity contribution in [1.29, 1.82) is 0 Å². The Bertz CT molecular complexity index is 191. The van der Waals surface area contributed by atoms with Gasteiger partial charge in [-0.2, -0.15) is 0 Å². The van der Waals surface area contributed by atoms with Gasteiger partial charge in [0.15, 0.2) is 0 Å². The molecule has 2 nitrogen and oxygen atoms in total. The molecule has 1 atom stereocenters. The lowest BCUT2D eigenvalue weighted by Gasteiger charge is -2.35. The van der Waals surface area contributed by atoms with Crippen molar-refractivity contribution < 1.29 is 8.85 Å². The van der Waals surface area contributed by atoms with Gasteiger partial charge in [0, 0.05) is 13.2 Å². The van der Waals surface area contributed by atoms with E-state index in [4.69, 9.17) is 8.85 Å². The molecule has 1 unspecified atom stereocenters. The Balaban J connectivity index is 4.23. The largest absolute Gasteiger partial charge is 0.394 e. The monoisotopic (exact) mass is 288 g/mol. The Morgan fingerprint density at radius 2 is 1.32 bits per heavy atom. The third-order valence-corrected chi connectivity index (χ3v) is 8.53. The molecule has 0 rings (SSSR count). The summed E-state index contributed by atoms with van der Waals surface area (Å²) in [5.74, 6) is 0. The van der Waals surface area contributed by atoms with Crippen LogP contribution >= 0.6 is 0 Å². The molecule has 0 N–H and O–H groups in total. The van der Waals surface area contributed by atoms with Crippen LogP contribution in [0.1, 0.15) is 79.6 Å². The van der Waals surface area contributed by atoms with E-state index in [9.17, 15) is 0 Å². The normalized spacial score (nSPS) is 13.7. The first-order chi connectivity index (χ1) is 9.16. The van der Waals surface area contributed by atoms with E-state index in [0.29, 0.717) is 5.54 Å². The molecule has 0 saturated heterocycles. The summed E-state index contributed by atoms with van der Waals surface area (Å²) >= 11 is 0. The fraction of sp³-hybridized carbons (Fsp3) is 1.00. The molecule has 0 radical (unpaired) electrons. The Morgan fingerprint density at radius 3 is 1.79 bits per heavy atom. The van der Waals surface area contributed by atoms with Crippen LogP contribution in [0.5, 0.6) is 0 Å². The predicted molar refractivity (Wildman–Crippen MR) is 86.9 cm³/mol. The highest BCUT2D eigenvalue weighted by molar-refractivity contribution is 6.68. The second-order valence-corrected chi connectivity index (χ2v) is 9.19. The third-order valence-electron chi connectivity index (χ3n) is 4.02. The van der Waals surface area contributed by atoms with Gasteiger partial charge in [0.1, 0.15) is 0 Å². The number of hydrogen-bond donors (Lipinski definition) is 0. The van der Waals surface area contributed by atoms with Crippen LogP contribution in [0.3, 0.4) is 0 Å². The van der Waals surface area contributed by atoms with Crippen molar-refractivity contribution >= 4 is 8.56 Å². The molecule has 0 aliphatic carbocycles. The van der Waals surface area contributed by atoms with E-state index >= 15 is 0 Å². The summed E-state index contributed by atoms with van der Waals surface area (Å²) in [7, 11) is -1.97. The SMILES string of the molecule is CCCCCCCC[Si](OCC)(OCC)C(C)CC. The summed E-state index contributed by atoms with van der Waals surface area (Å²) in [5.41, 5.74) is 0.600. The highest BCUT2D eigenvalue weighted by Crippen LogP contribution is 2.32. The maximum atomic E-state index is 6.17. The molecule has 0 aliphatic heterocycles. The fourth-order valence-corrected chi connectivity index (χ4v) is 6.44. The predicted octanol–water partition coefficient (Wildman–Crippen LogP) is 5.66. The summed E-state index contributed by atoms with van der Waals surface area (Å²) in [6, 6.07) is 1.18. The van der Waals surface area contributed by atoms with Gasteiger partial charge >= 0.3 is 8.56 Å². The van der Waals surface area contributed by atoms with E-state index in [-0.39, 0.29) is 0 Å². The average Bonchev–Trinajstić information content (AvgIpc) is 2.42. The van der Waals surface area contributed by atoms with Gasteiger partial charge in [0.05, 0.1) is 0 Å². The maximum absolute atomic E-state index is 6.17. The zero-order valence-electron chi connectivity index (χ0n) is 14.0. The molecular weight excluding hydrogens is 252 g/mol. The second-order valence-electron chi connectivity index (χ2n) is 5.50. The van der Waals surface area contributed by atoms with Gasteiger partial charge in [-0.25, -0.2) is 0 Å². The van der Waals surface area contributed by atoms with Crippen molar-refractivity contribution in [3.05, 3.63) is 0 Å². The first kappa shape index (κ1) is 19.1. The van der Waals surface area contributed by atoms with Crippen molar-refractivity contribution in [2.75, 3.05) is 13.2 Å². The van der Waals surface area contributed by atoms with Crippen LogP contribution in [0.25, 0.3) is 0 Å². The zero-order valence-corrected chi connectivity index (χ0v) is 15.0. The lowest BCUT2D eigenvalue weighted by atomic mass is 10.1. The minimum atomic E-state index is -1.97. The molecule has 0 aromatic carbocycles. The molecule has 19 heavy (non-hydrogen) atoms. The van der Waals surface area contributed by atoms with Crippen LogP contribution in [0.2, 0.25) is 11.6 Å². The quantitative estimate of drug-likeness (QED) is 0.321. The van der Waals surface area contributed by atoms with Gasteiger partial charge in [0.2, 0.25) is 0 Å². The molecule has 0 bridgehead atoms. The minimum absolute atomic E-state index is 0.600. The standard InChI is InChI=1S/C16H36O2Si/c1-6-10-11-12-13-14-15-19(17-8-3,18-9-4)16(5)7-2/h16H,6-15H2,1-5H3. The lowest BCUT2D eigenvalue weighted by Crippen LogP contribution is -2.46. The van der Waals surface area contributed by atoms with Gasteiger partial charge in [-0.05, 0) is 25.4 Å². The zero-order chi connectivity index (χ0) is 14.6. The average molecular weight is 289 g/mol. The van der Waals surface area contributed by atoms with Crippen LogP contribution in [0.15, 0.2) is 0 Å². The van der Waals surface area contributed by atoms with E-state index < -0.39 is 8.56 Å². The van der Waals surface area contributed by atoms with E-state index in [0.717, 1.165) is 13.2 Å². The van der Waals surface area contributed by atoms with Gasteiger partial charge in [-0.3, -0.25) is 0 Å². The first-order valence-electron chi connectivity index (χ1n) is 8.44. The third kappa shape index (κ3) is 7.47. The summed E-state index contributed by atoms with van der Waals surface area (Å²) in [6.07, 6.45) is 9.25. The summed E-state index contributed by atoms with van der Waals surface area (Å²) in [6.45, 7) is 12.6.